The average Bonchev–Trinajstić information content (AvgIpc) is 3.45. The van der Waals surface area contributed by atoms with Crippen molar-refractivity contribution in [2.45, 2.75) is 39.7 Å². The molecule has 0 spiro atoms. The number of nitrogens with zero attached hydrogens (tertiary/aromatic N) is 1. The first-order chi connectivity index (χ1) is 12.5. The topological polar surface area (TPSA) is 49.4 Å². The Hall–Kier alpha value is -2.62. The lowest BCUT2D eigenvalue weighted by molar-refractivity contribution is -0.141. The van der Waals surface area contributed by atoms with Crippen LogP contribution in [0.2, 0.25) is 0 Å². The smallest absolute Gasteiger partial charge is 0.240 e. The van der Waals surface area contributed by atoms with Crippen molar-refractivity contribution in [1.29, 1.82) is 0 Å². The van der Waals surface area contributed by atoms with E-state index in [1.807, 2.05) is 55.5 Å². The van der Waals surface area contributed by atoms with Gasteiger partial charge in [0.2, 0.25) is 11.8 Å². The van der Waals surface area contributed by atoms with Crippen molar-refractivity contribution in [2.24, 2.45) is 5.41 Å². The molecule has 136 valence electrons. The van der Waals surface area contributed by atoms with E-state index in [0.717, 1.165) is 28.8 Å². The van der Waals surface area contributed by atoms with E-state index >= 15 is 0 Å². The molecule has 0 aromatic heterocycles. The normalized spacial score (nSPS) is 14.6. The van der Waals surface area contributed by atoms with E-state index in [1.165, 1.54) is 0 Å². The van der Waals surface area contributed by atoms with Crippen LogP contribution in [0.25, 0.3) is 0 Å². The molecule has 1 fully saturated rings. The van der Waals surface area contributed by atoms with Crippen molar-refractivity contribution < 1.29 is 9.59 Å². The summed E-state index contributed by atoms with van der Waals surface area (Å²) in [5, 5.41) is 3.05. The molecule has 0 heterocycles. The minimum absolute atomic E-state index is 0.0921. The van der Waals surface area contributed by atoms with E-state index in [4.69, 9.17) is 0 Å². The maximum Gasteiger partial charge on any atom is 0.240 e. The van der Waals surface area contributed by atoms with Gasteiger partial charge in [-0.3, -0.25) is 9.59 Å². The molecule has 1 aliphatic carbocycles. The molecule has 4 heteroatoms. The molecule has 0 saturated heterocycles. The molecule has 2 aromatic rings. The first-order valence-electron chi connectivity index (χ1n) is 9.17. The Morgan fingerprint density at radius 1 is 1.08 bits per heavy atom. The van der Waals surface area contributed by atoms with Gasteiger partial charge in [-0.15, -0.1) is 0 Å². The third kappa shape index (κ3) is 3.50. The number of hydrogen-bond acceptors (Lipinski definition) is 2. The molecule has 2 amide bonds. The predicted octanol–water partition coefficient (Wildman–Crippen LogP) is 3.93. The fourth-order valence-corrected chi connectivity index (χ4v) is 3.39. The summed E-state index contributed by atoms with van der Waals surface area (Å²) in [7, 11) is 1.77. The van der Waals surface area contributed by atoms with Crippen molar-refractivity contribution in [2.75, 3.05) is 12.4 Å². The quantitative estimate of drug-likeness (QED) is 0.803. The van der Waals surface area contributed by atoms with Crippen molar-refractivity contribution in [3.63, 3.8) is 0 Å². The second-order valence-electron chi connectivity index (χ2n) is 7.15. The van der Waals surface area contributed by atoms with Gasteiger partial charge in [-0.2, -0.15) is 0 Å². The highest BCUT2D eigenvalue weighted by molar-refractivity contribution is 6.13. The molecular weight excluding hydrogens is 324 g/mol. The summed E-state index contributed by atoms with van der Waals surface area (Å²) in [6.07, 6.45) is 2.07. The second kappa shape index (κ2) is 7.32. The van der Waals surface area contributed by atoms with E-state index in [2.05, 4.69) is 12.2 Å². The minimum Gasteiger partial charge on any atom is -0.340 e. The molecule has 4 nitrogen and oxygen atoms in total. The maximum absolute atomic E-state index is 13.0. The molecule has 0 aliphatic heterocycles. The van der Waals surface area contributed by atoms with Gasteiger partial charge < -0.3 is 10.2 Å². The second-order valence-corrected chi connectivity index (χ2v) is 7.15. The van der Waals surface area contributed by atoms with Crippen LogP contribution in [-0.2, 0) is 22.6 Å². The monoisotopic (exact) mass is 350 g/mol. The third-order valence-corrected chi connectivity index (χ3v) is 5.18. The molecular formula is C22H26N2O2. The molecule has 26 heavy (non-hydrogen) atoms. The van der Waals surface area contributed by atoms with Crippen LogP contribution in [0.1, 0.15) is 36.5 Å². The lowest BCUT2D eigenvalue weighted by atomic mass is 10.0. The Labute approximate surface area is 155 Å². The Morgan fingerprint density at radius 2 is 1.77 bits per heavy atom. The molecule has 2 aromatic carbocycles. The zero-order chi connectivity index (χ0) is 18.7. The molecule has 0 atom stereocenters. The number of rotatable bonds is 6. The fourth-order valence-electron chi connectivity index (χ4n) is 3.39. The Bertz CT molecular complexity index is 810. The highest BCUT2D eigenvalue weighted by Gasteiger charge is 2.57. The summed E-state index contributed by atoms with van der Waals surface area (Å²) in [6, 6.07) is 15.8. The Balaban J connectivity index is 1.74. The molecule has 0 bridgehead atoms. The molecule has 1 saturated carbocycles. The first kappa shape index (κ1) is 18.2. The van der Waals surface area contributed by atoms with Crippen LogP contribution < -0.4 is 5.32 Å². The van der Waals surface area contributed by atoms with Gasteiger partial charge in [-0.1, -0.05) is 55.5 Å². The van der Waals surface area contributed by atoms with Gasteiger partial charge in [0.05, 0.1) is 0 Å². The summed E-state index contributed by atoms with van der Waals surface area (Å²) >= 11 is 0. The summed E-state index contributed by atoms with van der Waals surface area (Å²) in [4.78, 5) is 27.6. The SMILES string of the molecule is CCc1cccc(C)c1NC(=O)C1(C(=O)N(C)Cc2ccccc2)CC1. The number of amides is 2. The standard InChI is InChI=1S/C22H26N2O2/c1-4-18-12-8-9-16(2)19(18)23-20(25)22(13-14-22)21(26)24(3)15-17-10-6-5-7-11-17/h5-12H,4,13-15H2,1-3H3,(H,23,25). The lowest BCUT2D eigenvalue weighted by Gasteiger charge is -2.24. The Morgan fingerprint density at radius 3 is 2.38 bits per heavy atom. The predicted molar refractivity (Wildman–Crippen MR) is 104 cm³/mol. The van der Waals surface area contributed by atoms with Crippen LogP contribution in [0.4, 0.5) is 5.69 Å². The van der Waals surface area contributed by atoms with E-state index in [0.29, 0.717) is 19.4 Å². The molecule has 3 rings (SSSR count). The van der Waals surface area contributed by atoms with Gasteiger partial charge in [-0.25, -0.2) is 0 Å². The van der Waals surface area contributed by atoms with Crippen LogP contribution in [0.15, 0.2) is 48.5 Å². The van der Waals surface area contributed by atoms with Crippen molar-refractivity contribution in [3.05, 3.63) is 65.2 Å². The van der Waals surface area contributed by atoms with E-state index in [9.17, 15) is 9.59 Å². The zero-order valence-corrected chi connectivity index (χ0v) is 15.7. The minimum atomic E-state index is -0.906. The largest absolute Gasteiger partial charge is 0.340 e. The van der Waals surface area contributed by atoms with E-state index in [-0.39, 0.29) is 11.8 Å². The lowest BCUT2D eigenvalue weighted by Crippen LogP contribution is -2.41. The van der Waals surface area contributed by atoms with Gasteiger partial charge in [0.25, 0.3) is 0 Å². The third-order valence-electron chi connectivity index (χ3n) is 5.18. The van der Waals surface area contributed by atoms with Gasteiger partial charge in [0.15, 0.2) is 0 Å². The van der Waals surface area contributed by atoms with Crippen molar-refractivity contribution >= 4 is 17.5 Å². The number of aryl methyl sites for hydroxylation is 2. The van der Waals surface area contributed by atoms with Crippen LogP contribution >= 0.6 is 0 Å². The average molecular weight is 350 g/mol. The highest BCUT2D eigenvalue weighted by atomic mass is 16.2. The molecule has 0 unspecified atom stereocenters. The summed E-state index contributed by atoms with van der Waals surface area (Å²) in [5.41, 5.74) is 3.13. The van der Waals surface area contributed by atoms with Crippen LogP contribution in [-0.4, -0.2) is 23.8 Å². The molecule has 1 N–H and O–H groups in total. The zero-order valence-electron chi connectivity index (χ0n) is 15.7. The number of benzene rings is 2. The Kier molecular flexibility index (Phi) is 5.12. The number of nitrogens with one attached hydrogen (secondary N) is 1. The maximum atomic E-state index is 13.0. The van der Waals surface area contributed by atoms with Crippen LogP contribution in [0, 0.1) is 12.3 Å². The van der Waals surface area contributed by atoms with E-state index < -0.39 is 5.41 Å². The summed E-state index contributed by atoms with van der Waals surface area (Å²) in [5.74, 6) is -0.267. The fraction of sp³-hybridized carbons (Fsp3) is 0.364. The van der Waals surface area contributed by atoms with Gasteiger partial charge >= 0.3 is 0 Å². The molecule has 1 aliphatic rings. The van der Waals surface area contributed by atoms with Crippen molar-refractivity contribution in [1.82, 2.24) is 4.90 Å². The highest BCUT2D eigenvalue weighted by Crippen LogP contribution is 2.48. The number of hydrogen-bond donors (Lipinski definition) is 1. The summed E-state index contributed by atoms with van der Waals surface area (Å²) < 4.78 is 0. The number of carbonyl (C=O) groups excluding carboxylic acids is 2. The van der Waals surface area contributed by atoms with Gasteiger partial charge in [0, 0.05) is 19.3 Å². The van der Waals surface area contributed by atoms with E-state index in [1.54, 1.807) is 11.9 Å². The van der Waals surface area contributed by atoms with Crippen LogP contribution in [0.5, 0.6) is 0 Å². The number of para-hydroxylation sites is 1. The number of anilines is 1. The van der Waals surface area contributed by atoms with Crippen LogP contribution in [0.3, 0.4) is 0 Å². The van der Waals surface area contributed by atoms with Gasteiger partial charge in [-0.05, 0) is 42.9 Å². The first-order valence-corrected chi connectivity index (χ1v) is 9.17. The molecule has 0 radical (unpaired) electrons. The summed E-state index contributed by atoms with van der Waals surface area (Å²) in [6.45, 7) is 4.56. The van der Waals surface area contributed by atoms with Gasteiger partial charge in [0.1, 0.15) is 5.41 Å². The number of carbonyl (C=O) groups is 2. The van der Waals surface area contributed by atoms with Crippen molar-refractivity contribution in [3.8, 4) is 0 Å².